The molecule has 9 heteroatoms. The molecule has 3 N–H and O–H groups in total. The molecular weight excluding hydrogens is 360 g/mol. The van der Waals surface area contributed by atoms with Crippen LogP contribution >= 0.6 is 12.4 Å². The Balaban J connectivity index is 0.00000484. The standard InChI is InChI=1S/C14H24N2O4S2.ClH/c1-4-5-6-12(10-15)16-22(19,20)14-9-13(21(3,17)18)8-7-11(14)2;/h7-9,12,16H,4-6,10,15H2,1-3H3;1H. The molecule has 1 aromatic carbocycles. The predicted molar refractivity (Wildman–Crippen MR) is 94.2 cm³/mol. The maximum Gasteiger partial charge on any atom is 0.241 e. The van der Waals surface area contributed by atoms with Crippen molar-refractivity contribution in [2.45, 2.75) is 48.9 Å². The summed E-state index contributed by atoms with van der Waals surface area (Å²) in [4.78, 5) is -0.0401. The van der Waals surface area contributed by atoms with Gasteiger partial charge in [0.2, 0.25) is 10.0 Å². The summed E-state index contributed by atoms with van der Waals surface area (Å²) in [5.74, 6) is 0. The number of hydrogen-bond acceptors (Lipinski definition) is 5. The van der Waals surface area contributed by atoms with Crippen LogP contribution in [-0.2, 0) is 19.9 Å². The molecule has 0 spiro atoms. The van der Waals surface area contributed by atoms with Crippen LogP contribution in [0, 0.1) is 6.92 Å². The fourth-order valence-corrected chi connectivity index (χ4v) is 4.33. The Morgan fingerprint density at radius 3 is 2.30 bits per heavy atom. The molecule has 0 aliphatic rings. The molecule has 0 amide bonds. The second kappa shape index (κ2) is 8.98. The lowest BCUT2D eigenvalue weighted by Gasteiger charge is -2.18. The molecule has 134 valence electrons. The van der Waals surface area contributed by atoms with E-state index in [0.717, 1.165) is 19.1 Å². The lowest BCUT2D eigenvalue weighted by molar-refractivity contribution is 0.516. The van der Waals surface area contributed by atoms with Gasteiger partial charge in [0.25, 0.3) is 0 Å². The number of unbranched alkanes of at least 4 members (excludes halogenated alkanes) is 1. The Labute approximate surface area is 145 Å². The average molecular weight is 385 g/mol. The summed E-state index contributed by atoms with van der Waals surface area (Å²) in [6.07, 6.45) is 3.51. The molecule has 0 aliphatic carbocycles. The number of benzene rings is 1. The van der Waals surface area contributed by atoms with Gasteiger partial charge in [0.15, 0.2) is 9.84 Å². The van der Waals surface area contributed by atoms with Crippen molar-refractivity contribution in [3.05, 3.63) is 23.8 Å². The summed E-state index contributed by atoms with van der Waals surface area (Å²) in [7, 11) is -7.28. The molecule has 1 atom stereocenters. The quantitative estimate of drug-likeness (QED) is 0.708. The molecule has 0 saturated carbocycles. The summed E-state index contributed by atoms with van der Waals surface area (Å²) in [5, 5.41) is 0. The molecule has 6 nitrogen and oxygen atoms in total. The van der Waals surface area contributed by atoms with E-state index in [1.165, 1.54) is 18.2 Å². The maximum atomic E-state index is 12.5. The minimum atomic E-state index is -3.81. The van der Waals surface area contributed by atoms with Crippen molar-refractivity contribution < 1.29 is 16.8 Å². The van der Waals surface area contributed by atoms with Gasteiger partial charge < -0.3 is 5.73 Å². The van der Waals surface area contributed by atoms with Crippen molar-refractivity contribution in [1.29, 1.82) is 0 Å². The van der Waals surface area contributed by atoms with E-state index >= 15 is 0 Å². The highest BCUT2D eigenvalue weighted by molar-refractivity contribution is 7.91. The first kappa shape index (κ1) is 22.3. The van der Waals surface area contributed by atoms with Crippen LogP contribution in [0.1, 0.15) is 31.7 Å². The molecule has 0 saturated heterocycles. The number of sulfonamides is 1. The Hall–Kier alpha value is -0.670. The zero-order valence-corrected chi connectivity index (χ0v) is 16.0. The Bertz CT molecular complexity index is 718. The van der Waals surface area contributed by atoms with Crippen molar-refractivity contribution >= 4 is 32.3 Å². The molecule has 0 fully saturated rings. The first-order valence-corrected chi connectivity index (χ1v) is 10.5. The first-order valence-electron chi connectivity index (χ1n) is 7.15. The van der Waals surface area contributed by atoms with Gasteiger partial charge in [-0.15, -0.1) is 12.4 Å². The normalized spacial score (nSPS) is 13.4. The largest absolute Gasteiger partial charge is 0.329 e. The smallest absolute Gasteiger partial charge is 0.241 e. The fourth-order valence-electron chi connectivity index (χ4n) is 2.06. The van der Waals surface area contributed by atoms with Crippen LogP contribution < -0.4 is 10.5 Å². The van der Waals surface area contributed by atoms with Crippen LogP contribution in [0.25, 0.3) is 0 Å². The van der Waals surface area contributed by atoms with E-state index in [2.05, 4.69) is 4.72 Å². The van der Waals surface area contributed by atoms with Gasteiger partial charge in [0.05, 0.1) is 9.79 Å². The van der Waals surface area contributed by atoms with E-state index in [1.54, 1.807) is 6.92 Å². The summed E-state index contributed by atoms with van der Waals surface area (Å²) in [5.41, 5.74) is 6.11. The molecule has 1 aromatic rings. The van der Waals surface area contributed by atoms with Gasteiger partial charge >= 0.3 is 0 Å². The third-order valence-corrected chi connectivity index (χ3v) is 6.16. The summed E-state index contributed by atoms with van der Waals surface area (Å²) in [6.45, 7) is 3.84. The van der Waals surface area contributed by atoms with Gasteiger partial charge in [0, 0.05) is 18.8 Å². The molecular formula is C14H25ClN2O4S2. The number of hydrogen-bond donors (Lipinski definition) is 2. The second-order valence-corrected chi connectivity index (χ2v) is 9.09. The minimum absolute atomic E-state index is 0. The highest BCUT2D eigenvalue weighted by Crippen LogP contribution is 2.20. The van der Waals surface area contributed by atoms with E-state index in [1.807, 2.05) is 6.92 Å². The van der Waals surface area contributed by atoms with Crippen LogP contribution in [0.2, 0.25) is 0 Å². The topological polar surface area (TPSA) is 106 Å². The first-order chi connectivity index (χ1) is 10.1. The SMILES string of the molecule is CCCCC(CN)NS(=O)(=O)c1cc(S(C)(=O)=O)ccc1C.Cl. The molecule has 0 radical (unpaired) electrons. The molecule has 0 aromatic heterocycles. The molecule has 0 bridgehead atoms. The van der Waals surface area contributed by atoms with Gasteiger partial charge in [-0.2, -0.15) is 0 Å². The van der Waals surface area contributed by atoms with Gasteiger partial charge in [-0.3, -0.25) is 0 Å². The zero-order chi connectivity index (χ0) is 17.0. The molecule has 23 heavy (non-hydrogen) atoms. The van der Waals surface area contributed by atoms with Crippen molar-refractivity contribution in [3.63, 3.8) is 0 Å². The third-order valence-electron chi connectivity index (χ3n) is 3.39. The Kier molecular flexibility index (Phi) is 8.72. The lowest BCUT2D eigenvalue weighted by Crippen LogP contribution is -2.40. The fraction of sp³-hybridized carbons (Fsp3) is 0.571. The number of sulfone groups is 1. The number of halogens is 1. The highest BCUT2D eigenvalue weighted by atomic mass is 35.5. The average Bonchev–Trinajstić information content (AvgIpc) is 2.42. The molecule has 0 aliphatic heterocycles. The zero-order valence-electron chi connectivity index (χ0n) is 13.6. The molecule has 1 unspecified atom stereocenters. The Morgan fingerprint density at radius 1 is 1.22 bits per heavy atom. The van der Waals surface area contributed by atoms with Crippen molar-refractivity contribution in [1.82, 2.24) is 4.72 Å². The number of nitrogens with one attached hydrogen (secondary N) is 1. The van der Waals surface area contributed by atoms with E-state index < -0.39 is 19.9 Å². The number of rotatable bonds is 8. The van der Waals surface area contributed by atoms with Gasteiger partial charge in [-0.05, 0) is 31.0 Å². The van der Waals surface area contributed by atoms with Crippen LogP contribution in [0.4, 0.5) is 0 Å². The van der Waals surface area contributed by atoms with Crippen LogP contribution in [-0.4, -0.2) is 35.7 Å². The number of aryl methyl sites for hydroxylation is 1. The van der Waals surface area contributed by atoms with Crippen molar-refractivity contribution in [2.75, 3.05) is 12.8 Å². The van der Waals surface area contributed by atoms with Gasteiger partial charge in [0.1, 0.15) is 0 Å². The van der Waals surface area contributed by atoms with Gasteiger partial charge in [-0.1, -0.05) is 25.8 Å². The number of nitrogens with two attached hydrogens (primary N) is 1. The van der Waals surface area contributed by atoms with Crippen LogP contribution in [0.5, 0.6) is 0 Å². The van der Waals surface area contributed by atoms with E-state index in [4.69, 9.17) is 5.73 Å². The molecule has 0 heterocycles. The Morgan fingerprint density at radius 2 is 1.83 bits per heavy atom. The summed E-state index contributed by atoms with van der Waals surface area (Å²) < 4.78 is 50.8. The minimum Gasteiger partial charge on any atom is -0.329 e. The third kappa shape index (κ3) is 6.39. The maximum absolute atomic E-state index is 12.5. The van der Waals surface area contributed by atoms with Crippen molar-refractivity contribution in [2.24, 2.45) is 5.73 Å². The monoisotopic (exact) mass is 384 g/mol. The highest BCUT2D eigenvalue weighted by Gasteiger charge is 2.22. The second-order valence-electron chi connectivity index (χ2n) is 5.40. The summed E-state index contributed by atoms with van der Waals surface area (Å²) >= 11 is 0. The van der Waals surface area contributed by atoms with E-state index in [0.29, 0.717) is 12.0 Å². The van der Waals surface area contributed by atoms with E-state index in [-0.39, 0.29) is 34.8 Å². The summed E-state index contributed by atoms with van der Waals surface area (Å²) in [6, 6.07) is 3.74. The molecule has 1 rings (SSSR count). The predicted octanol–water partition coefficient (Wildman–Crippen LogP) is 1.62. The van der Waals surface area contributed by atoms with Crippen molar-refractivity contribution in [3.8, 4) is 0 Å². The van der Waals surface area contributed by atoms with Crippen LogP contribution in [0.15, 0.2) is 28.0 Å². The van der Waals surface area contributed by atoms with E-state index in [9.17, 15) is 16.8 Å². The lowest BCUT2D eigenvalue weighted by atomic mass is 10.1. The van der Waals surface area contributed by atoms with Gasteiger partial charge in [-0.25, -0.2) is 21.6 Å². The van der Waals surface area contributed by atoms with Crippen LogP contribution in [0.3, 0.4) is 0 Å².